The third-order valence-corrected chi connectivity index (χ3v) is 5.11. The fourth-order valence-electron chi connectivity index (χ4n) is 2.74. The SMILES string of the molecule is O=C(O)c1cc(-c2cc(C(=O)O)ccn2)cc(-c2nc3ccccc3s2)c1. The van der Waals surface area contributed by atoms with E-state index >= 15 is 0 Å². The molecule has 4 aromatic rings. The fourth-order valence-corrected chi connectivity index (χ4v) is 3.69. The molecule has 0 saturated heterocycles. The predicted molar refractivity (Wildman–Crippen MR) is 102 cm³/mol. The summed E-state index contributed by atoms with van der Waals surface area (Å²) in [6.07, 6.45) is 1.39. The van der Waals surface area contributed by atoms with Crippen LogP contribution in [-0.2, 0) is 0 Å². The van der Waals surface area contributed by atoms with Gasteiger partial charge < -0.3 is 10.2 Å². The molecule has 0 radical (unpaired) electrons. The highest BCUT2D eigenvalue weighted by Gasteiger charge is 2.14. The second-order valence-electron chi connectivity index (χ2n) is 5.83. The topological polar surface area (TPSA) is 100 Å². The molecule has 0 spiro atoms. The van der Waals surface area contributed by atoms with Crippen LogP contribution >= 0.6 is 11.3 Å². The van der Waals surface area contributed by atoms with Crippen LogP contribution in [0.3, 0.4) is 0 Å². The molecule has 2 aromatic heterocycles. The molecule has 6 nitrogen and oxygen atoms in total. The van der Waals surface area contributed by atoms with E-state index in [1.807, 2.05) is 24.3 Å². The Labute approximate surface area is 157 Å². The number of thiazole rings is 1. The Morgan fingerprint density at radius 3 is 2.33 bits per heavy atom. The summed E-state index contributed by atoms with van der Waals surface area (Å²) < 4.78 is 1.00. The van der Waals surface area contributed by atoms with Crippen molar-refractivity contribution in [3.8, 4) is 21.8 Å². The molecule has 0 bridgehead atoms. The van der Waals surface area contributed by atoms with E-state index in [2.05, 4.69) is 9.97 Å². The van der Waals surface area contributed by atoms with Crippen LogP contribution in [-0.4, -0.2) is 32.1 Å². The monoisotopic (exact) mass is 376 g/mol. The molecular weight excluding hydrogens is 364 g/mol. The molecule has 7 heteroatoms. The molecule has 2 aromatic carbocycles. The minimum absolute atomic E-state index is 0.0854. The molecule has 0 aliphatic carbocycles. The number of nitrogens with zero attached hydrogens (tertiary/aromatic N) is 2. The maximum atomic E-state index is 11.6. The average molecular weight is 376 g/mol. The van der Waals surface area contributed by atoms with Crippen LogP contribution in [0.5, 0.6) is 0 Å². The number of fused-ring (bicyclic) bond motifs is 1. The highest BCUT2D eigenvalue weighted by Crippen LogP contribution is 2.33. The fraction of sp³-hybridized carbons (Fsp3) is 0. The van der Waals surface area contributed by atoms with Crippen molar-refractivity contribution in [3.63, 3.8) is 0 Å². The number of carboxylic acids is 2. The second-order valence-corrected chi connectivity index (χ2v) is 6.86. The van der Waals surface area contributed by atoms with Gasteiger partial charge >= 0.3 is 11.9 Å². The number of carbonyl (C=O) groups is 2. The summed E-state index contributed by atoms with van der Waals surface area (Å²) in [7, 11) is 0. The molecule has 132 valence electrons. The minimum atomic E-state index is -1.08. The Hall–Kier alpha value is -3.58. The van der Waals surface area contributed by atoms with Gasteiger partial charge in [0.15, 0.2) is 0 Å². The Kier molecular flexibility index (Phi) is 4.13. The van der Waals surface area contributed by atoms with Gasteiger partial charge in [0.05, 0.1) is 27.0 Å². The Bertz CT molecular complexity index is 1170. The van der Waals surface area contributed by atoms with Gasteiger partial charge in [-0.2, -0.15) is 0 Å². The van der Waals surface area contributed by atoms with E-state index in [0.717, 1.165) is 10.2 Å². The minimum Gasteiger partial charge on any atom is -0.478 e. The summed E-state index contributed by atoms with van der Waals surface area (Å²) in [5.74, 6) is -2.15. The van der Waals surface area contributed by atoms with E-state index in [1.165, 1.54) is 35.7 Å². The molecule has 0 aliphatic heterocycles. The van der Waals surface area contributed by atoms with E-state index < -0.39 is 11.9 Å². The number of para-hydroxylation sites is 1. The zero-order valence-electron chi connectivity index (χ0n) is 13.8. The standard InChI is InChI=1S/C20H12N2O4S/c23-19(24)11-5-6-21-16(10-11)12-7-13(9-14(8-12)20(25)26)18-22-15-3-1-2-4-17(15)27-18/h1-10H,(H,23,24)(H,25,26). The molecule has 2 heterocycles. The molecule has 0 atom stereocenters. The zero-order valence-corrected chi connectivity index (χ0v) is 14.6. The smallest absolute Gasteiger partial charge is 0.335 e. The van der Waals surface area contributed by atoms with E-state index in [1.54, 1.807) is 12.1 Å². The van der Waals surface area contributed by atoms with E-state index in [9.17, 15) is 19.8 Å². The number of aromatic carboxylic acids is 2. The lowest BCUT2D eigenvalue weighted by Crippen LogP contribution is -2.00. The molecule has 0 saturated carbocycles. The van der Waals surface area contributed by atoms with Gasteiger partial charge in [-0.15, -0.1) is 11.3 Å². The summed E-state index contributed by atoms with van der Waals surface area (Å²) in [6.45, 7) is 0. The van der Waals surface area contributed by atoms with Crippen molar-refractivity contribution in [2.75, 3.05) is 0 Å². The molecule has 27 heavy (non-hydrogen) atoms. The van der Waals surface area contributed by atoms with Crippen LogP contribution < -0.4 is 0 Å². The summed E-state index contributed by atoms with van der Waals surface area (Å²) in [4.78, 5) is 31.6. The zero-order chi connectivity index (χ0) is 19.0. The highest BCUT2D eigenvalue weighted by molar-refractivity contribution is 7.21. The maximum Gasteiger partial charge on any atom is 0.335 e. The van der Waals surface area contributed by atoms with Gasteiger partial charge in [0.25, 0.3) is 0 Å². The van der Waals surface area contributed by atoms with Gasteiger partial charge in [-0.3, -0.25) is 4.98 Å². The highest BCUT2D eigenvalue weighted by atomic mass is 32.1. The van der Waals surface area contributed by atoms with E-state index in [0.29, 0.717) is 21.8 Å². The van der Waals surface area contributed by atoms with Gasteiger partial charge in [0.2, 0.25) is 0 Å². The van der Waals surface area contributed by atoms with Crippen molar-refractivity contribution in [2.24, 2.45) is 0 Å². The van der Waals surface area contributed by atoms with Crippen molar-refractivity contribution in [3.05, 3.63) is 71.9 Å². The number of hydrogen-bond acceptors (Lipinski definition) is 5. The van der Waals surface area contributed by atoms with Crippen LogP contribution in [0.1, 0.15) is 20.7 Å². The van der Waals surface area contributed by atoms with Crippen LogP contribution in [0.4, 0.5) is 0 Å². The molecule has 2 N–H and O–H groups in total. The lowest BCUT2D eigenvalue weighted by atomic mass is 10.0. The molecular formula is C20H12N2O4S. The van der Waals surface area contributed by atoms with E-state index in [-0.39, 0.29) is 11.1 Å². The van der Waals surface area contributed by atoms with Crippen molar-refractivity contribution in [1.82, 2.24) is 9.97 Å². The molecule has 4 rings (SSSR count). The Balaban J connectivity index is 1.89. The first kappa shape index (κ1) is 16.9. The Morgan fingerprint density at radius 1 is 0.852 bits per heavy atom. The first-order chi connectivity index (χ1) is 13.0. The van der Waals surface area contributed by atoms with Gasteiger partial charge in [-0.25, -0.2) is 14.6 Å². The lowest BCUT2D eigenvalue weighted by molar-refractivity contribution is 0.0686. The van der Waals surface area contributed by atoms with Gasteiger partial charge in [0, 0.05) is 17.3 Å². The molecule has 0 fully saturated rings. The maximum absolute atomic E-state index is 11.6. The number of rotatable bonds is 4. The van der Waals surface area contributed by atoms with Crippen molar-refractivity contribution in [1.29, 1.82) is 0 Å². The number of pyridine rings is 1. The average Bonchev–Trinajstić information content (AvgIpc) is 3.12. The summed E-state index contributed by atoms with van der Waals surface area (Å²) in [5, 5.41) is 19.4. The van der Waals surface area contributed by atoms with Crippen molar-refractivity contribution < 1.29 is 19.8 Å². The first-order valence-electron chi connectivity index (χ1n) is 7.95. The second kappa shape index (κ2) is 6.62. The molecule has 0 amide bonds. The first-order valence-corrected chi connectivity index (χ1v) is 8.77. The van der Waals surface area contributed by atoms with Gasteiger partial charge in [-0.1, -0.05) is 12.1 Å². The van der Waals surface area contributed by atoms with Crippen molar-refractivity contribution in [2.45, 2.75) is 0 Å². The largest absolute Gasteiger partial charge is 0.478 e. The predicted octanol–water partition coefficient (Wildman–Crippen LogP) is 4.42. The van der Waals surface area contributed by atoms with E-state index in [4.69, 9.17) is 0 Å². The van der Waals surface area contributed by atoms with Crippen LogP contribution in [0, 0.1) is 0 Å². The Morgan fingerprint density at radius 2 is 1.59 bits per heavy atom. The molecule has 0 unspecified atom stereocenters. The normalized spacial score (nSPS) is 10.8. The number of hydrogen-bond donors (Lipinski definition) is 2. The van der Waals surface area contributed by atoms with Crippen LogP contribution in [0.15, 0.2) is 60.8 Å². The molecule has 0 aliphatic rings. The van der Waals surface area contributed by atoms with Crippen molar-refractivity contribution >= 4 is 33.5 Å². The summed E-state index contributed by atoms with van der Waals surface area (Å²) in [6, 6.07) is 15.3. The number of benzene rings is 2. The third-order valence-electron chi connectivity index (χ3n) is 4.02. The summed E-state index contributed by atoms with van der Waals surface area (Å²) in [5.41, 5.74) is 2.57. The van der Waals surface area contributed by atoms with Crippen LogP contribution in [0.2, 0.25) is 0 Å². The van der Waals surface area contributed by atoms with Gasteiger partial charge in [-0.05, 0) is 42.5 Å². The quantitative estimate of drug-likeness (QED) is 0.547. The number of carboxylic acid groups (broad SMARTS) is 2. The number of aromatic nitrogens is 2. The van der Waals surface area contributed by atoms with Gasteiger partial charge in [0.1, 0.15) is 5.01 Å². The van der Waals surface area contributed by atoms with Crippen LogP contribution in [0.25, 0.3) is 32.0 Å². The summed E-state index contributed by atoms with van der Waals surface area (Å²) >= 11 is 1.46. The third kappa shape index (κ3) is 3.28. The lowest BCUT2D eigenvalue weighted by Gasteiger charge is -2.07.